The molecule has 104 valence electrons. The van der Waals surface area contributed by atoms with Crippen LogP contribution in [0, 0.1) is 18.2 Å². The Hall–Kier alpha value is -1.42. The standard InChI is InChI=1S/C15H21FN2O/c1-3-15(7-4-8-17-10-15)14(19)18-13-9-12(16)6-5-11(13)2/h5-6,9,17H,3-4,7-8,10H2,1-2H3,(H,18,19). The molecule has 1 aromatic rings. The Morgan fingerprint density at radius 1 is 1.53 bits per heavy atom. The van der Waals surface area contributed by atoms with Gasteiger partial charge in [-0.2, -0.15) is 0 Å². The van der Waals surface area contributed by atoms with E-state index in [0.717, 1.165) is 31.4 Å². The van der Waals surface area contributed by atoms with Gasteiger partial charge >= 0.3 is 0 Å². The van der Waals surface area contributed by atoms with Crippen LogP contribution >= 0.6 is 0 Å². The van der Waals surface area contributed by atoms with E-state index >= 15 is 0 Å². The van der Waals surface area contributed by atoms with Crippen molar-refractivity contribution < 1.29 is 9.18 Å². The van der Waals surface area contributed by atoms with Crippen LogP contribution in [0.5, 0.6) is 0 Å². The Labute approximate surface area is 113 Å². The summed E-state index contributed by atoms with van der Waals surface area (Å²) >= 11 is 0. The molecule has 0 saturated carbocycles. The molecule has 3 nitrogen and oxygen atoms in total. The van der Waals surface area contributed by atoms with Gasteiger partial charge in [0.2, 0.25) is 5.91 Å². The molecule has 0 aliphatic carbocycles. The molecule has 0 aromatic heterocycles. The first-order chi connectivity index (χ1) is 9.07. The van der Waals surface area contributed by atoms with Crippen molar-refractivity contribution in [1.29, 1.82) is 0 Å². The molecule has 1 atom stereocenters. The van der Waals surface area contributed by atoms with Gasteiger partial charge in [0.15, 0.2) is 0 Å². The number of halogens is 1. The molecule has 2 rings (SSSR count). The predicted octanol–water partition coefficient (Wildman–Crippen LogP) is 2.85. The second-order valence-electron chi connectivity index (χ2n) is 5.33. The summed E-state index contributed by atoms with van der Waals surface area (Å²) in [6.07, 6.45) is 2.68. The number of amides is 1. The maximum absolute atomic E-state index is 13.3. The van der Waals surface area contributed by atoms with Crippen LogP contribution in [0.25, 0.3) is 0 Å². The minimum absolute atomic E-state index is 0.00380. The van der Waals surface area contributed by atoms with E-state index in [1.54, 1.807) is 6.07 Å². The fourth-order valence-electron chi connectivity index (χ4n) is 2.61. The summed E-state index contributed by atoms with van der Waals surface area (Å²) in [5, 5.41) is 6.18. The van der Waals surface area contributed by atoms with Gasteiger partial charge in [-0.25, -0.2) is 4.39 Å². The van der Waals surface area contributed by atoms with Crippen molar-refractivity contribution in [3.8, 4) is 0 Å². The zero-order chi connectivity index (χ0) is 13.9. The summed E-state index contributed by atoms with van der Waals surface area (Å²) in [6.45, 7) is 5.57. The number of carbonyl (C=O) groups excluding carboxylic acids is 1. The average molecular weight is 264 g/mol. The predicted molar refractivity (Wildman–Crippen MR) is 74.6 cm³/mol. The Balaban J connectivity index is 2.17. The lowest BCUT2D eigenvalue weighted by molar-refractivity contribution is -0.126. The Kier molecular flexibility index (Phi) is 4.20. The average Bonchev–Trinajstić information content (AvgIpc) is 2.43. The highest BCUT2D eigenvalue weighted by Gasteiger charge is 2.37. The molecule has 2 N–H and O–H groups in total. The third-order valence-corrected chi connectivity index (χ3v) is 4.08. The van der Waals surface area contributed by atoms with E-state index in [2.05, 4.69) is 10.6 Å². The third kappa shape index (κ3) is 2.95. The number of benzene rings is 1. The first-order valence-corrected chi connectivity index (χ1v) is 6.86. The number of rotatable bonds is 3. The van der Waals surface area contributed by atoms with E-state index in [0.29, 0.717) is 12.2 Å². The second-order valence-corrected chi connectivity index (χ2v) is 5.33. The zero-order valence-electron chi connectivity index (χ0n) is 11.6. The van der Waals surface area contributed by atoms with Crippen molar-refractivity contribution in [3.05, 3.63) is 29.6 Å². The molecule has 0 radical (unpaired) electrons. The van der Waals surface area contributed by atoms with Crippen LogP contribution in [0.3, 0.4) is 0 Å². The van der Waals surface area contributed by atoms with Gasteiger partial charge in [0, 0.05) is 12.2 Å². The highest BCUT2D eigenvalue weighted by atomic mass is 19.1. The maximum Gasteiger partial charge on any atom is 0.231 e. The number of carbonyl (C=O) groups is 1. The minimum Gasteiger partial charge on any atom is -0.325 e. The van der Waals surface area contributed by atoms with E-state index in [1.165, 1.54) is 12.1 Å². The second kappa shape index (κ2) is 5.70. The van der Waals surface area contributed by atoms with Crippen molar-refractivity contribution in [1.82, 2.24) is 5.32 Å². The van der Waals surface area contributed by atoms with E-state index in [1.807, 2.05) is 13.8 Å². The van der Waals surface area contributed by atoms with Crippen molar-refractivity contribution in [2.24, 2.45) is 5.41 Å². The number of hydrogen-bond acceptors (Lipinski definition) is 2. The fraction of sp³-hybridized carbons (Fsp3) is 0.533. The number of nitrogens with one attached hydrogen (secondary N) is 2. The fourth-order valence-corrected chi connectivity index (χ4v) is 2.61. The molecule has 0 spiro atoms. The topological polar surface area (TPSA) is 41.1 Å². The monoisotopic (exact) mass is 264 g/mol. The third-order valence-electron chi connectivity index (χ3n) is 4.08. The van der Waals surface area contributed by atoms with Crippen molar-refractivity contribution >= 4 is 11.6 Å². The van der Waals surface area contributed by atoms with Gasteiger partial charge in [0.1, 0.15) is 5.82 Å². The number of aryl methyl sites for hydroxylation is 1. The van der Waals surface area contributed by atoms with Gasteiger partial charge in [-0.15, -0.1) is 0 Å². The van der Waals surface area contributed by atoms with Gasteiger partial charge in [0.05, 0.1) is 5.41 Å². The van der Waals surface area contributed by atoms with Crippen LogP contribution in [0.1, 0.15) is 31.7 Å². The van der Waals surface area contributed by atoms with E-state index in [-0.39, 0.29) is 17.1 Å². The molecule has 1 aromatic carbocycles. The highest BCUT2D eigenvalue weighted by molar-refractivity contribution is 5.96. The molecule has 1 amide bonds. The van der Waals surface area contributed by atoms with Gasteiger partial charge in [-0.3, -0.25) is 4.79 Å². The van der Waals surface area contributed by atoms with Crippen molar-refractivity contribution in [2.45, 2.75) is 33.1 Å². The molecule has 1 saturated heterocycles. The number of piperidine rings is 1. The summed E-state index contributed by atoms with van der Waals surface area (Å²) in [7, 11) is 0. The number of anilines is 1. The van der Waals surface area contributed by atoms with Gasteiger partial charge in [-0.05, 0) is 50.4 Å². The van der Waals surface area contributed by atoms with Gasteiger partial charge < -0.3 is 10.6 Å². The molecular formula is C15H21FN2O. The molecule has 1 fully saturated rings. The van der Waals surface area contributed by atoms with E-state index < -0.39 is 0 Å². The largest absolute Gasteiger partial charge is 0.325 e. The van der Waals surface area contributed by atoms with Crippen LogP contribution in [0.15, 0.2) is 18.2 Å². The summed E-state index contributed by atoms with van der Waals surface area (Å²) < 4.78 is 13.3. The lowest BCUT2D eigenvalue weighted by atomic mass is 9.77. The van der Waals surface area contributed by atoms with Gasteiger partial charge in [0.25, 0.3) is 0 Å². The quantitative estimate of drug-likeness (QED) is 0.881. The zero-order valence-corrected chi connectivity index (χ0v) is 11.6. The van der Waals surface area contributed by atoms with Crippen LogP contribution in [0.4, 0.5) is 10.1 Å². The summed E-state index contributed by atoms with van der Waals surface area (Å²) in [6, 6.07) is 4.47. The molecule has 1 heterocycles. The lowest BCUT2D eigenvalue weighted by Crippen LogP contribution is -2.47. The SMILES string of the molecule is CCC1(C(=O)Nc2cc(F)ccc2C)CCCNC1. The minimum atomic E-state index is -0.364. The van der Waals surface area contributed by atoms with Crippen LogP contribution in [-0.2, 0) is 4.79 Å². The normalized spacial score (nSPS) is 23.1. The molecule has 1 aliphatic rings. The maximum atomic E-state index is 13.3. The smallest absolute Gasteiger partial charge is 0.231 e. The van der Waals surface area contributed by atoms with E-state index in [9.17, 15) is 9.18 Å². The Morgan fingerprint density at radius 3 is 2.95 bits per heavy atom. The molecule has 4 heteroatoms. The molecule has 19 heavy (non-hydrogen) atoms. The van der Waals surface area contributed by atoms with Crippen molar-refractivity contribution in [2.75, 3.05) is 18.4 Å². The van der Waals surface area contributed by atoms with Crippen LogP contribution < -0.4 is 10.6 Å². The lowest BCUT2D eigenvalue weighted by Gasteiger charge is -2.35. The molecular weight excluding hydrogens is 243 g/mol. The number of hydrogen-bond donors (Lipinski definition) is 2. The Morgan fingerprint density at radius 2 is 2.32 bits per heavy atom. The first kappa shape index (κ1) is 14.0. The van der Waals surface area contributed by atoms with E-state index in [4.69, 9.17) is 0 Å². The summed E-state index contributed by atoms with van der Waals surface area (Å²) in [5.74, 6) is -0.330. The molecule has 1 aliphatic heterocycles. The van der Waals surface area contributed by atoms with Crippen LogP contribution in [-0.4, -0.2) is 19.0 Å². The van der Waals surface area contributed by atoms with Gasteiger partial charge in [-0.1, -0.05) is 13.0 Å². The first-order valence-electron chi connectivity index (χ1n) is 6.86. The van der Waals surface area contributed by atoms with Crippen molar-refractivity contribution in [3.63, 3.8) is 0 Å². The molecule has 1 unspecified atom stereocenters. The summed E-state index contributed by atoms with van der Waals surface area (Å²) in [4.78, 5) is 12.5. The van der Waals surface area contributed by atoms with Crippen LogP contribution in [0.2, 0.25) is 0 Å². The summed E-state index contributed by atoms with van der Waals surface area (Å²) in [5.41, 5.74) is 1.09. The Bertz CT molecular complexity index is 467. The highest BCUT2D eigenvalue weighted by Crippen LogP contribution is 2.32. The molecule has 0 bridgehead atoms.